The second-order valence-corrected chi connectivity index (χ2v) is 6.26. The lowest BCUT2D eigenvalue weighted by Crippen LogP contribution is -2.28. The van der Waals surface area contributed by atoms with Crippen LogP contribution in [0, 0.1) is 6.92 Å². The highest BCUT2D eigenvalue weighted by Crippen LogP contribution is 2.22. The van der Waals surface area contributed by atoms with E-state index in [2.05, 4.69) is 20.6 Å². The van der Waals surface area contributed by atoms with Crippen LogP contribution < -0.4 is 10.6 Å². The van der Waals surface area contributed by atoms with Crippen molar-refractivity contribution < 1.29 is 14.7 Å². The molecule has 0 fully saturated rings. The van der Waals surface area contributed by atoms with Crippen LogP contribution in [0.3, 0.4) is 0 Å². The Kier molecular flexibility index (Phi) is 4.86. The molecular formula is C12H14N4O3S2. The first-order valence-electron chi connectivity index (χ1n) is 6.18. The van der Waals surface area contributed by atoms with Crippen molar-refractivity contribution in [1.82, 2.24) is 15.3 Å². The van der Waals surface area contributed by atoms with Gasteiger partial charge in [0.2, 0.25) is 0 Å². The number of thiazole rings is 2. The Hall–Kier alpha value is -2.00. The van der Waals surface area contributed by atoms with E-state index in [0.29, 0.717) is 10.1 Å². The Balaban J connectivity index is 1.87. The Morgan fingerprint density at radius 1 is 1.38 bits per heavy atom. The topological polar surface area (TPSA) is 104 Å². The third kappa shape index (κ3) is 3.99. The van der Waals surface area contributed by atoms with E-state index >= 15 is 0 Å². The smallest absolute Gasteiger partial charge is 0.355 e. The fraction of sp³-hybridized carbons (Fsp3) is 0.333. The number of hydrogen-bond acceptors (Lipinski definition) is 6. The van der Waals surface area contributed by atoms with Crippen LogP contribution in [0.15, 0.2) is 5.38 Å². The molecule has 0 aromatic carbocycles. The molecule has 0 bridgehead atoms. The van der Waals surface area contributed by atoms with Crippen LogP contribution in [-0.4, -0.2) is 27.1 Å². The molecule has 2 heterocycles. The predicted octanol–water partition coefficient (Wildman–Crippen LogP) is 2.49. The van der Waals surface area contributed by atoms with Gasteiger partial charge in [0.1, 0.15) is 5.01 Å². The lowest BCUT2D eigenvalue weighted by atomic mass is 10.3. The molecule has 0 saturated carbocycles. The number of nitrogens with zero attached hydrogens (tertiary/aromatic N) is 2. The molecule has 0 saturated heterocycles. The summed E-state index contributed by atoms with van der Waals surface area (Å²) in [5, 5.41) is 16.6. The maximum atomic E-state index is 11.7. The largest absolute Gasteiger partial charge is 0.476 e. The number of aromatic carboxylic acids is 1. The number of aryl methyl sites for hydroxylation is 2. The van der Waals surface area contributed by atoms with Gasteiger partial charge in [-0.15, -0.1) is 22.7 Å². The summed E-state index contributed by atoms with van der Waals surface area (Å²) in [7, 11) is 0. The predicted molar refractivity (Wildman–Crippen MR) is 81.2 cm³/mol. The number of carboxylic acids is 1. The minimum absolute atomic E-state index is 0.0136. The molecule has 2 aromatic rings. The molecule has 2 amide bonds. The zero-order valence-corrected chi connectivity index (χ0v) is 13.1. The van der Waals surface area contributed by atoms with Crippen molar-refractivity contribution in [2.75, 3.05) is 5.32 Å². The maximum absolute atomic E-state index is 11.7. The summed E-state index contributed by atoms with van der Waals surface area (Å²) in [4.78, 5) is 31.7. The number of amides is 2. The summed E-state index contributed by atoms with van der Waals surface area (Å²) in [5.41, 5.74) is 0.960. The second kappa shape index (κ2) is 6.64. The first kappa shape index (κ1) is 15.4. The van der Waals surface area contributed by atoms with Crippen LogP contribution in [0.1, 0.15) is 33.0 Å². The molecule has 3 N–H and O–H groups in total. The van der Waals surface area contributed by atoms with Gasteiger partial charge in [-0.25, -0.2) is 19.6 Å². The lowest BCUT2D eigenvalue weighted by molar-refractivity contribution is 0.0691. The summed E-state index contributed by atoms with van der Waals surface area (Å²) < 4.78 is 0. The highest BCUT2D eigenvalue weighted by atomic mass is 32.1. The van der Waals surface area contributed by atoms with Gasteiger partial charge in [0, 0.05) is 10.3 Å². The average Bonchev–Trinajstić information content (AvgIpc) is 3.03. The van der Waals surface area contributed by atoms with E-state index in [1.807, 2.05) is 13.8 Å². The first-order chi connectivity index (χ1) is 9.99. The standard InChI is InChI=1S/C12H14N4O3S2/c1-3-7-6(2)21-12(15-7)16-11(19)13-4-9-14-8(5-20-9)10(17)18/h5H,3-4H2,1-2H3,(H,17,18)(H2,13,15,16,19). The molecule has 112 valence electrons. The molecule has 0 spiro atoms. The lowest BCUT2D eigenvalue weighted by Gasteiger charge is -2.02. The minimum atomic E-state index is -1.08. The molecule has 0 aliphatic rings. The monoisotopic (exact) mass is 326 g/mol. The Morgan fingerprint density at radius 2 is 2.14 bits per heavy atom. The van der Waals surface area contributed by atoms with E-state index in [1.54, 1.807) is 0 Å². The van der Waals surface area contributed by atoms with Gasteiger partial charge in [-0.3, -0.25) is 5.32 Å². The van der Waals surface area contributed by atoms with Crippen molar-refractivity contribution in [2.24, 2.45) is 0 Å². The molecule has 0 aliphatic carbocycles. The molecule has 0 unspecified atom stereocenters. The van der Waals surface area contributed by atoms with E-state index in [-0.39, 0.29) is 12.2 Å². The number of carbonyl (C=O) groups excluding carboxylic acids is 1. The minimum Gasteiger partial charge on any atom is -0.476 e. The summed E-state index contributed by atoms with van der Waals surface area (Å²) in [6.07, 6.45) is 0.822. The third-order valence-corrected chi connectivity index (χ3v) is 4.40. The highest BCUT2D eigenvalue weighted by molar-refractivity contribution is 7.15. The van der Waals surface area contributed by atoms with Crippen LogP contribution in [0.25, 0.3) is 0 Å². The van der Waals surface area contributed by atoms with E-state index in [1.165, 1.54) is 28.1 Å². The van der Waals surface area contributed by atoms with Gasteiger partial charge in [0.25, 0.3) is 0 Å². The third-order valence-electron chi connectivity index (χ3n) is 2.62. The van der Waals surface area contributed by atoms with Gasteiger partial charge in [-0.05, 0) is 13.3 Å². The average molecular weight is 326 g/mol. The van der Waals surface area contributed by atoms with Crippen LogP contribution in [-0.2, 0) is 13.0 Å². The van der Waals surface area contributed by atoms with Crippen LogP contribution in [0.2, 0.25) is 0 Å². The number of rotatable bonds is 5. The molecule has 0 atom stereocenters. The fourth-order valence-electron chi connectivity index (χ4n) is 1.60. The molecule has 2 aromatic heterocycles. The summed E-state index contributed by atoms with van der Waals surface area (Å²) in [6.45, 7) is 4.14. The van der Waals surface area contributed by atoms with Crippen molar-refractivity contribution >= 4 is 39.8 Å². The Bertz CT molecular complexity index is 665. The van der Waals surface area contributed by atoms with Crippen molar-refractivity contribution in [3.63, 3.8) is 0 Å². The number of carboxylic acid groups (broad SMARTS) is 1. The normalized spacial score (nSPS) is 10.4. The molecule has 7 nitrogen and oxygen atoms in total. The first-order valence-corrected chi connectivity index (χ1v) is 7.88. The van der Waals surface area contributed by atoms with E-state index < -0.39 is 12.0 Å². The van der Waals surface area contributed by atoms with Crippen molar-refractivity contribution in [3.8, 4) is 0 Å². The van der Waals surface area contributed by atoms with Gasteiger partial charge in [-0.2, -0.15) is 0 Å². The number of nitrogens with one attached hydrogen (secondary N) is 2. The number of carbonyl (C=O) groups is 2. The molecule has 0 aliphatic heterocycles. The van der Waals surface area contributed by atoms with Crippen molar-refractivity contribution in [2.45, 2.75) is 26.8 Å². The quantitative estimate of drug-likeness (QED) is 0.783. The SMILES string of the molecule is CCc1nc(NC(=O)NCc2nc(C(=O)O)cs2)sc1C. The van der Waals surface area contributed by atoms with Gasteiger partial charge in [-0.1, -0.05) is 6.92 Å². The summed E-state index contributed by atoms with van der Waals surface area (Å²) >= 11 is 2.61. The second-order valence-electron chi connectivity index (χ2n) is 4.11. The summed E-state index contributed by atoms with van der Waals surface area (Å²) in [6, 6.07) is -0.390. The Labute approximate surface area is 129 Å². The van der Waals surface area contributed by atoms with Gasteiger partial charge in [0.05, 0.1) is 12.2 Å². The van der Waals surface area contributed by atoms with Gasteiger partial charge < -0.3 is 10.4 Å². The fourth-order valence-corrected chi connectivity index (χ4v) is 3.20. The van der Waals surface area contributed by atoms with Crippen molar-refractivity contribution in [3.05, 3.63) is 26.7 Å². The Morgan fingerprint density at radius 3 is 2.71 bits per heavy atom. The van der Waals surface area contributed by atoms with Crippen molar-refractivity contribution in [1.29, 1.82) is 0 Å². The molecular weight excluding hydrogens is 312 g/mol. The molecule has 2 rings (SSSR count). The highest BCUT2D eigenvalue weighted by Gasteiger charge is 2.11. The number of aromatic nitrogens is 2. The van der Waals surface area contributed by atoms with Gasteiger partial charge >= 0.3 is 12.0 Å². The number of urea groups is 1. The number of anilines is 1. The van der Waals surface area contributed by atoms with Crippen LogP contribution in [0.5, 0.6) is 0 Å². The van der Waals surface area contributed by atoms with Crippen LogP contribution >= 0.6 is 22.7 Å². The zero-order valence-electron chi connectivity index (χ0n) is 11.5. The maximum Gasteiger partial charge on any atom is 0.355 e. The molecule has 9 heteroatoms. The molecule has 0 radical (unpaired) electrons. The van der Waals surface area contributed by atoms with E-state index in [9.17, 15) is 9.59 Å². The zero-order chi connectivity index (χ0) is 15.4. The van der Waals surface area contributed by atoms with Crippen LogP contribution in [0.4, 0.5) is 9.93 Å². The number of hydrogen-bond donors (Lipinski definition) is 3. The van der Waals surface area contributed by atoms with E-state index in [0.717, 1.165) is 17.0 Å². The van der Waals surface area contributed by atoms with Gasteiger partial charge in [0.15, 0.2) is 10.8 Å². The molecule has 21 heavy (non-hydrogen) atoms. The summed E-state index contributed by atoms with van der Waals surface area (Å²) in [5.74, 6) is -1.08. The van der Waals surface area contributed by atoms with E-state index in [4.69, 9.17) is 5.11 Å².